The van der Waals surface area contributed by atoms with Gasteiger partial charge in [-0.05, 0) is 28.1 Å². The van der Waals surface area contributed by atoms with E-state index < -0.39 is 11.9 Å². The molecule has 15 heavy (non-hydrogen) atoms. The van der Waals surface area contributed by atoms with Crippen molar-refractivity contribution >= 4 is 33.6 Å². The number of aromatic carboxylic acids is 1. The van der Waals surface area contributed by atoms with E-state index in [1.165, 1.54) is 19.2 Å². The predicted molar refractivity (Wildman–Crippen MR) is 56.9 cm³/mol. The molecule has 1 aromatic carbocycles. The zero-order valence-electron chi connectivity index (χ0n) is 7.78. The third kappa shape index (κ3) is 2.27. The van der Waals surface area contributed by atoms with Gasteiger partial charge in [-0.25, -0.2) is 9.59 Å². The maximum absolute atomic E-state index is 11.2. The van der Waals surface area contributed by atoms with Gasteiger partial charge in [-0.3, -0.25) is 0 Å². The average molecular weight is 274 g/mol. The number of carbonyl (C=O) groups excluding carboxylic acids is 1. The Balaban J connectivity index is 3.37. The Hall–Kier alpha value is -1.56. The summed E-state index contributed by atoms with van der Waals surface area (Å²) >= 11 is 3.07. The first-order valence-electron chi connectivity index (χ1n) is 3.88. The van der Waals surface area contributed by atoms with Gasteiger partial charge >= 0.3 is 11.9 Å². The van der Waals surface area contributed by atoms with Crippen molar-refractivity contribution in [2.45, 2.75) is 0 Å². The quantitative estimate of drug-likeness (QED) is 0.630. The molecule has 6 heteroatoms. The summed E-state index contributed by atoms with van der Waals surface area (Å²) in [6, 6.07) is 2.50. The highest BCUT2D eigenvalue weighted by Crippen LogP contribution is 2.26. The highest BCUT2D eigenvalue weighted by molar-refractivity contribution is 9.10. The van der Waals surface area contributed by atoms with Crippen LogP contribution >= 0.6 is 15.9 Å². The van der Waals surface area contributed by atoms with E-state index in [2.05, 4.69) is 20.7 Å². The van der Waals surface area contributed by atoms with Crippen molar-refractivity contribution < 1.29 is 19.4 Å². The average Bonchev–Trinajstić information content (AvgIpc) is 2.20. The van der Waals surface area contributed by atoms with Crippen molar-refractivity contribution in [1.29, 1.82) is 0 Å². The SMILES string of the molecule is COC(=O)c1cc(C(=O)O)cc(Br)c1N. The molecule has 0 heterocycles. The molecule has 3 N–H and O–H groups in total. The molecule has 0 aromatic heterocycles. The molecular weight excluding hydrogens is 266 g/mol. The van der Waals surface area contributed by atoms with E-state index in [4.69, 9.17) is 10.8 Å². The summed E-state index contributed by atoms with van der Waals surface area (Å²) in [5, 5.41) is 8.77. The van der Waals surface area contributed by atoms with Crippen LogP contribution in [0.2, 0.25) is 0 Å². The number of nitrogen functional groups attached to an aromatic ring is 1. The van der Waals surface area contributed by atoms with Crippen LogP contribution in [0.15, 0.2) is 16.6 Å². The van der Waals surface area contributed by atoms with Crippen molar-refractivity contribution in [3.63, 3.8) is 0 Å². The third-order valence-electron chi connectivity index (χ3n) is 1.78. The number of ether oxygens (including phenoxy) is 1. The third-order valence-corrected chi connectivity index (χ3v) is 2.44. The van der Waals surface area contributed by atoms with Crippen LogP contribution < -0.4 is 5.73 Å². The Kier molecular flexibility index (Phi) is 3.31. The molecule has 0 spiro atoms. The van der Waals surface area contributed by atoms with Gasteiger partial charge in [0.2, 0.25) is 0 Å². The molecule has 0 unspecified atom stereocenters. The Labute approximate surface area is 94.0 Å². The van der Waals surface area contributed by atoms with E-state index in [9.17, 15) is 9.59 Å². The van der Waals surface area contributed by atoms with Crippen LogP contribution in [0, 0.1) is 0 Å². The standard InChI is InChI=1S/C9H8BrNO4/c1-15-9(14)5-2-4(8(12)13)3-6(10)7(5)11/h2-3H,11H2,1H3,(H,12,13). The van der Waals surface area contributed by atoms with Crippen LogP contribution in [-0.4, -0.2) is 24.2 Å². The van der Waals surface area contributed by atoms with Gasteiger partial charge < -0.3 is 15.6 Å². The van der Waals surface area contributed by atoms with Crippen LogP contribution in [-0.2, 0) is 4.74 Å². The molecule has 5 nitrogen and oxygen atoms in total. The molecule has 0 aliphatic heterocycles. The van der Waals surface area contributed by atoms with Gasteiger partial charge in [0.15, 0.2) is 0 Å². The van der Waals surface area contributed by atoms with Crippen molar-refractivity contribution in [2.24, 2.45) is 0 Å². The number of esters is 1. The fraction of sp³-hybridized carbons (Fsp3) is 0.111. The van der Waals surface area contributed by atoms with Gasteiger partial charge in [-0.2, -0.15) is 0 Å². The fourth-order valence-electron chi connectivity index (χ4n) is 1.02. The van der Waals surface area contributed by atoms with Gasteiger partial charge in [0.05, 0.1) is 23.9 Å². The number of rotatable bonds is 2. The van der Waals surface area contributed by atoms with E-state index in [0.717, 1.165) is 0 Å². The Morgan fingerprint density at radius 1 is 1.47 bits per heavy atom. The number of hydrogen-bond acceptors (Lipinski definition) is 4. The van der Waals surface area contributed by atoms with E-state index >= 15 is 0 Å². The molecule has 0 radical (unpaired) electrons. The molecule has 0 saturated heterocycles. The molecule has 1 aromatic rings. The highest BCUT2D eigenvalue weighted by atomic mass is 79.9. The van der Waals surface area contributed by atoms with Crippen LogP contribution in [0.5, 0.6) is 0 Å². The molecular formula is C9H8BrNO4. The molecule has 0 fully saturated rings. The lowest BCUT2D eigenvalue weighted by atomic mass is 10.1. The summed E-state index contributed by atoms with van der Waals surface area (Å²) in [7, 11) is 1.20. The summed E-state index contributed by atoms with van der Waals surface area (Å²) < 4.78 is 4.82. The number of carboxylic acid groups (broad SMARTS) is 1. The van der Waals surface area contributed by atoms with Gasteiger partial charge in [-0.1, -0.05) is 0 Å². The first kappa shape index (κ1) is 11.5. The minimum absolute atomic E-state index is 0.0310. The normalized spacial score (nSPS) is 9.73. The first-order valence-corrected chi connectivity index (χ1v) is 4.67. The summed E-state index contributed by atoms with van der Waals surface area (Å²) in [5.74, 6) is -1.81. The van der Waals surface area contributed by atoms with Gasteiger partial charge in [0, 0.05) is 4.47 Å². The minimum atomic E-state index is -1.14. The smallest absolute Gasteiger partial charge is 0.340 e. The summed E-state index contributed by atoms with van der Waals surface area (Å²) in [6.07, 6.45) is 0. The number of halogens is 1. The number of hydrogen-bond donors (Lipinski definition) is 2. The van der Waals surface area contributed by atoms with E-state index in [-0.39, 0.29) is 16.8 Å². The topological polar surface area (TPSA) is 89.6 Å². The lowest BCUT2D eigenvalue weighted by molar-refractivity contribution is 0.0602. The number of carboxylic acids is 1. The molecule has 0 aliphatic carbocycles. The van der Waals surface area contributed by atoms with Crippen LogP contribution in [0.4, 0.5) is 5.69 Å². The predicted octanol–water partition coefficient (Wildman–Crippen LogP) is 1.52. The largest absolute Gasteiger partial charge is 0.478 e. The number of anilines is 1. The number of nitrogens with two attached hydrogens (primary N) is 1. The van der Waals surface area contributed by atoms with Crippen LogP contribution in [0.3, 0.4) is 0 Å². The lowest BCUT2D eigenvalue weighted by Gasteiger charge is -2.06. The van der Waals surface area contributed by atoms with E-state index in [1.807, 2.05) is 0 Å². The maximum Gasteiger partial charge on any atom is 0.340 e. The maximum atomic E-state index is 11.2. The summed E-state index contributed by atoms with van der Waals surface area (Å²) in [6.45, 7) is 0. The molecule has 80 valence electrons. The van der Waals surface area contributed by atoms with Crippen molar-refractivity contribution in [3.8, 4) is 0 Å². The second kappa shape index (κ2) is 4.31. The van der Waals surface area contributed by atoms with Crippen LogP contribution in [0.1, 0.15) is 20.7 Å². The van der Waals surface area contributed by atoms with Crippen LogP contribution in [0.25, 0.3) is 0 Å². The molecule has 0 atom stereocenters. The zero-order valence-corrected chi connectivity index (χ0v) is 9.37. The second-order valence-corrected chi connectivity index (χ2v) is 3.57. The van der Waals surface area contributed by atoms with Crippen molar-refractivity contribution in [2.75, 3.05) is 12.8 Å². The Morgan fingerprint density at radius 3 is 2.53 bits per heavy atom. The van der Waals surface area contributed by atoms with E-state index in [0.29, 0.717) is 4.47 Å². The Morgan fingerprint density at radius 2 is 2.07 bits per heavy atom. The van der Waals surface area contributed by atoms with Gasteiger partial charge in [0.1, 0.15) is 0 Å². The number of methoxy groups -OCH3 is 1. The molecule has 0 bridgehead atoms. The zero-order chi connectivity index (χ0) is 11.6. The lowest BCUT2D eigenvalue weighted by Crippen LogP contribution is -2.09. The molecule has 0 amide bonds. The minimum Gasteiger partial charge on any atom is -0.478 e. The molecule has 0 aliphatic rings. The van der Waals surface area contributed by atoms with E-state index in [1.54, 1.807) is 0 Å². The molecule has 1 rings (SSSR count). The Bertz CT molecular complexity index is 430. The second-order valence-electron chi connectivity index (χ2n) is 2.72. The number of benzene rings is 1. The van der Waals surface area contributed by atoms with Gasteiger partial charge in [0.25, 0.3) is 0 Å². The molecule has 0 saturated carbocycles. The highest BCUT2D eigenvalue weighted by Gasteiger charge is 2.16. The number of carbonyl (C=O) groups is 2. The fourth-order valence-corrected chi connectivity index (χ4v) is 1.48. The van der Waals surface area contributed by atoms with Crippen molar-refractivity contribution in [3.05, 3.63) is 27.7 Å². The first-order chi connectivity index (χ1) is 6.97. The summed E-state index contributed by atoms with van der Waals surface area (Å²) in [4.78, 5) is 22.0. The van der Waals surface area contributed by atoms with Gasteiger partial charge in [-0.15, -0.1) is 0 Å². The monoisotopic (exact) mass is 273 g/mol. The van der Waals surface area contributed by atoms with Crippen molar-refractivity contribution in [1.82, 2.24) is 0 Å². The summed E-state index contributed by atoms with van der Waals surface area (Å²) in [5.41, 5.74) is 5.75.